The van der Waals surface area contributed by atoms with Crippen LogP contribution in [0.1, 0.15) is 13.8 Å². The van der Waals surface area contributed by atoms with Crippen molar-refractivity contribution in [2.75, 3.05) is 22.6 Å². The molecule has 0 fully saturated rings. The predicted octanol–water partition coefficient (Wildman–Crippen LogP) is 4.59. The molecule has 0 radical (unpaired) electrons. The lowest BCUT2D eigenvalue weighted by Gasteiger charge is -2.41. The Labute approximate surface area is 198 Å². The van der Waals surface area contributed by atoms with Crippen LogP contribution in [-0.4, -0.2) is 43.1 Å². The maximum absolute atomic E-state index is 12.5. The van der Waals surface area contributed by atoms with Gasteiger partial charge in [0.25, 0.3) is 0 Å². The van der Waals surface area contributed by atoms with E-state index in [1.54, 1.807) is 36.1 Å². The fourth-order valence-corrected chi connectivity index (χ4v) is 5.09. The van der Waals surface area contributed by atoms with Gasteiger partial charge < -0.3 is 9.80 Å². The molecular weight excluding hydrogens is 448 g/mol. The minimum Gasteiger partial charge on any atom is -0.306 e. The van der Waals surface area contributed by atoms with Gasteiger partial charge in [-0.15, -0.1) is 0 Å². The summed E-state index contributed by atoms with van der Waals surface area (Å²) in [5, 5.41) is 0.960. The summed E-state index contributed by atoms with van der Waals surface area (Å²) in [7, 11) is -3.27. The maximum Gasteiger partial charge on any atom is 0.230 e. The van der Waals surface area contributed by atoms with Gasteiger partial charge >= 0.3 is 0 Å². The quantitative estimate of drug-likeness (QED) is 0.434. The number of para-hydroxylation sites is 1. The Balaban J connectivity index is 1.64. The Hall–Kier alpha value is -3.78. The van der Waals surface area contributed by atoms with E-state index in [9.17, 15) is 13.2 Å². The molecule has 5 rings (SSSR count). The monoisotopic (exact) mass is 472 g/mol. The Kier molecular flexibility index (Phi) is 5.32. The first-order valence-electron chi connectivity index (χ1n) is 11.0. The van der Waals surface area contributed by atoms with Gasteiger partial charge in [-0.2, -0.15) is 0 Å². The first-order chi connectivity index (χ1) is 16.2. The number of nitrogens with zero attached hydrogens (tertiary/aromatic N) is 4. The number of benzene rings is 3. The number of amides is 1. The second-order valence-corrected chi connectivity index (χ2v) is 10.6. The highest BCUT2D eigenvalue weighted by atomic mass is 32.2. The summed E-state index contributed by atoms with van der Waals surface area (Å²) < 4.78 is 23.7. The van der Waals surface area contributed by atoms with Crippen molar-refractivity contribution in [3.8, 4) is 11.1 Å². The molecule has 0 spiro atoms. The van der Waals surface area contributed by atoms with Gasteiger partial charge in [0, 0.05) is 31.3 Å². The number of fused-ring (bicyclic) bond motifs is 2. The van der Waals surface area contributed by atoms with Crippen molar-refractivity contribution in [2.45, 2.75) is 24.8 Å². The minimum absolute atomic E-state index is 0.0296. The van der Waals surface area contributed by atoms with Crippen LogP contribution in [0, 0.1) is 0 Å². The molecule has 3 aromatic carbocycles. The second kappa shape index (κ2) is 8.22. The lowest BCUT2D eigenvalue weighted by molar-refractivity contribution is -0.117. The van der Waals surface area contributed by atoms with Gasteiger partial charge in [0.15, 0.2) is 9.84 Å². The highest BCUT2D eigenvalue weighted by Crippen LogP contribution is 2.41. The van der Waals surface area contributed by atoms with Gasteiger partial charge in [0.05, 0.1) is 27.8 Å². The molecule has 2 heterocycles. The molecule has 7 nitrogen and oxygen atoms in total. The molecule has 0 N–H and O–H groups in total. The molecular formula is C26H24N4O3S. The minimum atomic E-state index is -3.27. The fraction of sp³-hybridized carbons (Fsp3) is 0.192. The van der Waals surface area contributed by atoms with Crippen LogP contribution in [0.5, 0.6) is 0 Å². The molecule has 8 heteroatoms. The van der Waals surface area contributed by atoms with Crippen LogP contribution in [0.3, 0.4) is 0 Å². The molecule has 1 aliphatic rings. The van der Waals surface area contributed by atoms with Gasteiger partial charge in [0.1, 0.15) is 0 Å². The number of rotatable bonds is 3. The van der Waals surface area contributed by atoms with E-state index in [1.165, 1.54) is 6.26 Å². The summed E-state index contributed by atoms with van der Waals surface area (Å²) in [5.74, 6) is 0.540. The third-order valence-electron chi connectivity index (χ3n) is 6.09. The molecule has 34 heavy (non-hydrogen) atoms. The van der Waals surface area contributed by atoms with Crippen molar-refractivity contribution >= 4 is 44.0 Å². The van der Waals surface area contributed by atoms with Crippen molar-refractivity contribution in [3.63, 3.8) is 0 Å². The molecule has 0 aliphatic carbocycles. The van der Waals surface area contributed by atoms with Gasteiger partial charge in [-0.1, -0.05) is 36.4 Å². The Morgan fingerprint density at radius 3 is 2.38 bits per heavy atom. The molecule has 1 amide bonds. The van der Waals surface area contributed by atoms with Gasteiger partial charge in [-0.25, -0.2) is 18.4 Å². The summed E-state index contributed by atoms with van der Waals surface area (Å²) in [4.78, 5) is 26.0. The lowest BCUT2D eigenvalue weighted by Crippen LogP contribution is -2.48. The highest BCUT2D eigenvalue weighted by molar-refractivity contribution is 7.90. The molecule has 0 saturated carbocycles. The van der Waals surface area contributed by atoms with E-state index in [4.69, 9.17) is 4.98 Å². The Bertz CT molecular complexity index is 1520. The van der Waals surface area contributed by atoms with E-state index in [0.29, 0.717) is 12.5 Å². The average molecular weight is 473 g/mol. The Morgan fingerprint density at radius 2 is 1.68 bits per heavy atom. The van der Waals surface area contributed by atoms with E-state index in [2.05, 4.69) is 4.98 Å². The Morgan fingerprint density at radius 1 is 0.971 bits per heavy atom. The number of sulfone groups is 1. The normalized spacial score (nSPS) is 15.9. The summed E-state index contributed by atoms with van der Waals surface area (Å²) in [6, 6.07) is 20.4. The smallest absolute Gasteiger partial charge is 0.230 e. The number of hydrogen-bond donors (Lipinski definition) is 0. The summed E-state index contributed by atoms with van der Waals surface area (Å²) in [5.41, 5.74) is 4.25. The van der Waals surface area contributed by atoms with Gasteiger partial charge in [-0.3, -0.25) is 4.79 Å². The first-order valence-corrected chi connectivity index (χ1v) is 12.9. The predicted molar refractivity (Wildman–Crippen MR) is 134 cm³/mol. The van der Waals surface area contributed by atoms with Crippen LogP contribution in [0.15, 0.2) is 77.8 Å². The van der Waals surface area contributed by atoms with Crippen LogP contribution in [0.25, 0.3) is 22.0 Å². The lowest BCUT2D eigenvalue weighted by atomic mass is 10.0. The zero-order valence-corrected chi connectivity index (χ0v) is 20.0. The van der Waals surface area contributed by atoms with Crippen LogP contribution < -0.4 is 9.80 Å². The number of aromatic nitrogens is 2. The van der Waals surface area contributed by atoms with E-state index in [-0.39, 0.29) is 16.8 Å². The maximum atomic E-state index is 12.5. The standard InChI is InChI=1S/C26H24N4O3S/c1-17-16-29(26-27-15-21-6-4-5-7-23(21)28-26)25-14-20(10-13-24(25)30(17)18(2)31)19-8-11-22(12-9-19)34(3,32)33/h4-15,17H,16H2,1-3H3. The van der Waals surface area contributed by atoms with E-state index >= 15 is 0 Å². The number of hydrogen-bond acceptors (Lipinski definition) is 6. The average Bonchev–Trinajstić information content (AvgIpc) is 2.82. The van der Waals surface area contributed by atoms with E-state index in [1.807, 2.05) is 60.5 Å². The van der Waals surface area contributed by atoms with Gasteiger partial charge in [-0.05, 0) is 48.4 Å². The van der Waals surface area contributed by atoms with Crippen LogP contribution in [0.4, 0.5) is 17.3 Å². The van der Waals surface area contributed by atoms with Crippen LogP contribution in [0.2, 0.25) is 0 Å². The number of carbonyl (C=O) groups excluding carboxylic acids is 1. The zero-order valence-electron chi connectivity index (χ0n) is 19.1. The molecule has 1 atom stereocenters. The topological polar surface area (TPSA) is 83.5 Å². The number of anilines is 3. The third kappa shape index (κ3) is 3.90. The number of carbonyl (C=O) groups is 1. The molecule has 1 aliphatic heterocycles. The third-order valence-corrected chi connectivity index (χ3v) is 7.21. The van der Waals surface area contributed by atoms with Crippen molar-refractivity contribution in [1.29, 1.82) is 0 Å². The van der Waals surface area contributed by atoms with Crippen LogP contribution >= 0.6 is 0 Å². The molecule has 1 aromatic heterocycles. The summed E-state index contributed by atoms with van der Waals surface area (Å²) >= 11 is 0. The molecule has 172 valence electrons. The molecule has 1 unspecified atom stereocenters. The summed E-state index contributed by atoms with van der Waals surface area (Å²) in [6.07, 6.45) is 3.01. The highest BCUT2D eigenvalue weighted by Gasteiger charge is 2.32. The van der Waals surface area contributed by atoms with Gasteiger partial charge in [0.2, 0.25) is 11.9 Å². The molecule has 0 saturated heterocycles. The second-order valence-electron chi connectivity index (χ2n) is 8.58. The fourth-order valence-electron chi connectivity index (χ4n) is 4.46. The van der Waals surface area contributed by atoms with Crippen molar-refractivity contribution in [2.24, 2.45) is 0 Å². The molecule has 4 aromatic rings. The van der Waals surface area contributed by atoms with E-state index in [0.717, 1.165) is 33.4 Å². The van der Waals surface area contributed by atoms with E-state index < -0.39 is 9.84 Å². The van der Waals surface area contributed by atoms with Crippen molar-refractivity contribution < 1.29 is 13.2 Å². The molecule has 0 bridgehead atoms. The van der Waals surface area contributed by atoms with Crippen molar-refractivity contribution in [1.82, 2.24) is 9.97 Å². The van der Waals surface area contributed by atoms with Crippen molar-refractivity contribution in [3.05, 3.63) is 72.9 Å². The largest absolute Gasteiger partial charge is 0.306 e. The zero-order chi connectivity index (χ0) is 24.0. The van der Waals surface area contributed by atoms with Crippen LogP contribution in [-0.2, 0) is 14.6 Å². The summed E-state index contributed by atoms with van der Waals surface area (Å²) in [6.45, 7) is 4.12. The first kappa shape index (κ1) is 22.0. The SMILES string of the molecule is CC(=O)N1c2ccc(-c3ccc(S(C)(=O)=O)cc3)cc2N(c2ncc3ccccc3n2)CC1C.